The molecule has 0 amide bonds. The average molecular weight is 294 g/mol. The van der Waals surface area contributed by atoms with Crippen LogP contribution in [-0.2, 0) is 4.74 Å². The minimum absolute atomic E-state index is 0.117. The first-order valence-corrected chi connectivity index (χ1v) is 5.96. The second-order valence-electron chi connectivity index (χ2n) is 4.60. The van der Waals surface area contributed by atoms with Crippen molar-refractivity contribution in [2.75, 3.05) is 12.3 Å². The Balaban J connectivity index is 2.08. The van der Waals surface area contributed by atoms with Crippen LogP contribution in [-0.4, -0.2) is 54.3 Å². The second-order valence-corrected chi connectivity index (χ2v) is 4.60. The number of halogens is 1. The number of hydrogen-bond acceptors (Lipinski definition) is 7. The van der Waals surface area contributed by atoms with Gasteiger partial charge in [0.25, 0.3) is 0 Å². The van der Waals surface area contributed by atoms with Crippen LogP contribution in [0.2, 0.25) is 0 Å². The lowest BCUT2D eigenvalue weighted by Gasteiger charge is -2.16. The fourth-order valence-electron chi connectivity index (χ4n) is 2.27. The number of nitrogen functional groups attached to an aromatic ring is 1. The third kappa shape index (κ3) is 1.75. The molecule has 3 rings (SSSR count). The second kappa shape index (κ2) is 4.59. The predicted octanol–water partition coefficient (Wildman–Crippen LogP) is -0.756. The summed E-state index contributed by atoms with van der Waals surface area (Å²) in [4.78, 5) is 14.7. The molecular weight excluding hydrogens is 283 g/mol. The molecule has 4 atom stereocenters. The number of nitrogens with zero attached hydrogens (tertiary/aromatic N) is 5. The molecule has 0 aliphatic carbocycles. The fraction of sp³-hybridized carbons (Fsp3) is 0.455. The van der Waals surface area contributed by atoms with E-state index >= 15 is 0 Å². The van der Waals surface area contributed by atoms with Gasteiger partial charge in [-0.15, -0.1) is 0 Å². The minimum Gasteiger partial charge on any atom is -0.385 e. The summed E-state index contributed by atoms with van der Waals surface area (Å²) in [5.74, 6) is 0.117. The first-order valence-electron chi connectivity index (χ1n) is 5.96. The molecule has 4 N–H and O–H groups in total. The van der Waals surface area contributed by atoms with E-state index in [9.17, 15) is 14.6 Å². The molecule has 10 heteroatoms. The van der Waals surface area contributed by atoms with Crippen molar-refractivity contribution >= 4 is 17.0 Å². The Labute approximate surface area is 117 Å². The molecule has 0 radical (unpaired) electrons. The highest BCUT2D eigenvalue weighted by molar-refractivity contribution is 5.81. The number of aromatic nitrogens is 4. The monoisotopic (exact) mass is 294 g/mol. The molecule has 0 spiro atoms. The number of anilines is 1. The van der Waals surface area contributed by atoms with Crippen molar-refractivity contribution in [1.29, 1.82) is 0 Å². The first kappa shape index (κ1) is 13.6. The van der Waals surface area contributed by atoms with Gasteiger partial charge >= 0.3 is 5.72 Å². The zero-order valence-corrected chi connectivity index (χ0v) is 10.6. The summed E-state index contributed by atoms with van der Waals surface area (Å²) in [6.45, 7) is 6.19. The van der Waals surface area contributed by atoms with Crippen LogP contribution in [0, 0.1) is 6.57 Å². The van der Waals surface area contributed by atoms with E-state index in [1.54, 1.807) is 0 Å². The normalized spacial score (nSPS) is 32.4. The van der Waals surface area contributed by atoms with Gasteiger partial charge in [0.15, 0.2) is 36.6 Å². The molecule has 0 aromatic carbocycles. The SMILES string of the molecule is [C-]#[N+]C1(CO)OC(n2cnc3c(N)ncnc32)C(F)C1O. The fourth-order valence-corrected chi connectivity index (χ4v) is 2.27. The van der Waals surface area contributed by atoms with Crippen LogP contribution in [0.4, 0.5) is 10.2 Å². The third-order valence-corrected chi connectivity index (χ3v) is 3.44. The number of hydrogen-bond donors (Lipinski definition) is 3. The summed E-state index contributed by atoms with van der Waals surface area (Å²) in [6.07, 6.45) is -2.65. The molecule has 2 aromatic heterocycles. The molecule has 110 valence electrons. The highest BCUT2D eigenvalue weighted by Gasteiger charge is 2.62. The number of aliphatic hydroxyl groups is 2. The lowest BCUT2D eigenvalue weighted by molar-refractivity contribution is -0.0979. The van der Waals surface area contributed by atoms with Crippen LogP contribution in [0.1, 0.15) is 6.23 Å². The maximum atomic E-state index is 14.3. The Morgan fingerprint density at radius 3 is 2.90 bits per heavy atom. The summed E-state index contributed by atoms with van der Waals surface area (Å²) in [5, 5.41) is 19.1. The van der Waals surface area contributed by atoms with E-state index in [0.29, 0.717) is 0 Å². The highest BCUT2D eigenvalue weighted by atomic mass is 19.1. The van der Waals surface area contributed by atoms with Crippen molar-refractivity contribution in [2.45, 2.75) is 24.2 Å². The zero-order chi connectivity index (χ0) is 15.2. The number of ether oxygens (including phenoxy) is 1. The van der Waals surface area contributed by atoms with E-state index in [1.165, 1.54) is 17.2 Å². The van der Waals surface area contributed by atoms with E-state index in [2.05, 4.69) is 19.8 Å². The van der Waals surface area contributed by atoms with E-state index in [4.69, 9.17) is 17.0 Å². The Morgan fingerprint density at radius 2 is 2.29 bits per heavy atom. The molecule has 0 saturated carbocycles. The van der Waals surface area contributed by atoms with E-state index in [1.807, 2.05) is 0 Å². The summed E-state index contributed by atoms with van der Waals surface area (Å²) < 4.78 is 20.8. The molecule has 3 heterocycles. The lowest BCUT2D eigenvalue weighted by Crippen LogP contribution is -2.42. The topological polar surface area (TPSA) is 124 Å². The molecule has 21 heavy (non-hydrogen) atoms. The van der Waals surface area contributed by atoms with Crippen LogP contribution in [0.15, 0.2) is 12.7 Å². The van der Waals surface area contributed by atoms with Crippen molar-refractivity contribution in [1.82, 2.24) is 19.5 Å². The van der Waals surface area contributed by atoms with Gasteiger partial charge in [-0.2, -0.15) is 0 Å². The Kier molecular flexibility index (Phi) is 2.98. The molecule has 1 aliphatic heterocycles. The van der Waals surface area contributed by atoms with Crippen LogP contribution in [0.5, 0.6) is 0 Å². The molecule has 0 bridgehead atoms. The van der Waals surface area contributed by atoms with Gasteiger partial charge in [-0.05, 0) is 0 Å². The smallest absolute Gasteiger partial charge is 0.385 e. The van der Waals surface area contributed by atoms with Gasteiger partial charge in [0.1, 0.15) is 11.8 Å². The molecule has 9 nitrogen and oxygen atoms in total. The number of nitrogens with two attached hydrogens (primary N) is 1. The molecule has 2 aromatic rings. The van der Waals surface area contributed by atoms with Gasteiger partial charge in [-0.3, -0.25) is 14.1 Å². The Hall–Kier alpha value is -2.35. The van der Waals surface area contributed by atoms with Crippen LogP contribution in [0.3, 0.4) is 0 Å². The molecular formula is C11H11FN6O3. The number of imidazole rings is 1. The third-order valence-electron chi connectivity index (χ3n) is 3.44. The maximum absolute atomic E-state index is 14.3. The standard InChI is InChI=1S/C11H11FN6O3/c1-14-11(2-19)7(20)5(12)10(21-11)18-4-17-6-8(13)15-3-16-9(6)18/h3-5,7,10,19-20H,2H2,(H2,13,15,16). The lowest BCUT2D eigenvalue weighted by atomic mass is 10.1. The van der Waals surface area contributed by atoms with Gasteiger partial charge in [-0.1, -0.05) is 0 Å². The highest BCUT2D eigenvalue weighted by Crippen LogP contribution is 2.40. The maximum Gasteiger partial charge on any atom is 0.390 e. The summed E-state index contributed by atoms with van der Waals surface area (Å²) >= 11 is 0. The van der Waals surface area contributed by atoms with Crippen molar-refractivity contribution in [3.63, 3.8) is 0 Å². The largest absolute Gasteiger partial charge is 0.390 e. The summed E-state index contributed by atoms with van der Waals surface area (Å²) in [7, 11) is 0. The quantitative estimate of drug-likeness (QED) is 0.622. The summed E-state index contributed by atoms with van der Waals surface area (Å²) in [6, 6.07) is 0. The predicted molar refractivity (Wildman–Crippen MR) is 67.2 cm³/mol. The zero-order valence-electron chi connectivity index (χ0n) is 10.6. The van der Waals surface area contributed by atoms with Gasteiger partial charge in [-0.25, -0.2) is 25.9 Å². The van der Waals surface area contributed by atoms with Crippen molar-refractivity contribution in [2.24, 2.45) is 0 Å². The molecule has 1 aliphatic rings. The number of fused-ring (bicyclic) bond motifs is 1. The van der Waals surface area contributed by atoms with Crippen LogP contribution in [0.25, 0.3) is 16.0 Å². The Bertz CT molecular complexity index is 730. The van der Waals surface area contributed by atoms with Crippen molar-refractivity contribution < 1.29 is 19.3 Å². The number of rotatable bonds is 2. The van der Waals surface area contributed by atoms with E-state index in [0.717, 1.165) is 0 Å². The van der Waals surface area contributed by atoms with Gasteiger partial charge in [0.2, 0.25) is 0 Å². The summed E-state index contributed by atoms with van der Waals surface area (Å²) in [5.41, 5.74) is 4.06. The Morgan fingerprint density at radius 1 is 1.52 bits per heavy atom. The van der Waals surface area contributed by atoms with Crippen molar-refractivity contribution in [3.05, 3.63) is 24.1 Å². The van der Waals surface area contributed by atoms with Gasteiger partial charge in [0.05, 0.1) is 6.33 Å². The van der Waals surface area contributed by atoms with Crippen molar-refractivity contribution in [3.8, 4) is 0 Å². The van der Waals surface area contributed by atoms with Gasteiger partial charge < -0.3 is 15.9 Å². The van der Waals surface area contributed by atoms with Crippen LogP contribution >= 0.6 is 0 Å². The number of alkyl halides is 1. The van der Waals surface area contributed by atoms with E-state index in [-0.39, 0.29) is 17.0 Å². The van der Waals surface area contributed by atoms with E-state index < -0.39 is 30.8 Å². The average Bonchev–Trinajstić information content (AvgIpc) is 3.02. The van der Waals surface area contributed by atoms with Crippen LogP contribution < -0.4 is 5.73 Å². The number of aliphatic hydroxyl groups excluding tert-OH is 2. The minimum atomic E-state index is -2.04. The molecule has 4 unspecified atom stereocenters. The molecule has 1 fully saturated rings. The molecule has 1 saturated heterocycles. The first-order chi connectivity index (χ1) is 10.0. The van der Waals surface area contributed by atoms with Gasteiger partial charge in [0, 0.05) is 0 Å².